The van der Waals surface area contributed by atoms with Crippen molar-refractivity contribution in [2.75, 3.05) is 0 Å². The minimum atomic E-state index is -0.427. The Morgan fingerprint density at radius 1 is 1.00 bits per heavy atom. The molecule has 0 unspecified atom stereocenters. The fraction of sp³-hybridized carbons (Fsp3) is 0.0476. The number of aromatic nitrogens is 3. The molecule has 0 aliphatic heterocycles. The largest absolute Gasteiger partial charge is 0.351 e. The van der Waals surface area contributed by atoms with E-state index < -0.39 is 5.69 Å². The van der Waals surface area contributed by atoms with Gasteiger partial charge in [-0.1, -0.05) is 30.3 Å². The van der Waals surface area contributed by atoms with Crippen LogP contribution in [0.2, 0.25) is 0 Å². The molecule has 0 aliphatic rings. The van der Waals surface area contributed by atoms with E-state index in [0.717, 1.165) is 22.0 Å². The fourth-order valence-electron chi connectivity index (χ4n) is 3.49. The van der Waals surface area contributed by atoms with Crippen molar-refractivity contribution in [1.29, 1.82) is 0 Å². The lowest BCUT2D eigenvalue weighted by molar-refractivity contribution is 0.905. The number of rotatable bonds is 2. The second-order valence-corrected chi connectivity index (χ2v) is 7.34. The zero-order chi connectivity index (χ0) is 18.5. The molecule has 0 atom stereocenters. The van der Waals surface area contributed by atoms with Crippen molar-refractivity contribution in [2.45, 2.75) is 0 Å². The summed E-state index contributed by atoms with van der Waals surface area (Å²) in [5, 5.41) is 3.44. The van der Waals surface area contributed by atoms with Crippen LogP contribution in [0.1, 0.15) is 0 Å². The third-order valence-electron chi connectivity index (χ3n) is 4.84. The normalized spacial score (nSPS) is 11.4. The second kappa shape index (κ2) is 5.82. The predicted octanol–water partition coefficient (Wildman–Crippen LogP) is 3.90. The standard InChI is InChI=1S/C21H15N3O2S/c1-23-10-9-14-11-15(7-8-17(14)23)24-20(25)18-16(13-5-3-2-4-6-13)12-27-19(18)22-21(24)26/h2-12H,1H3,(H,22,26). The van der Waals surface area contributed by atoms with Gasteiger partial charge in [0.1, 0.15) is 4.83 Å². The number of benzene rings is 2. The van der Waals surface area contributed by atoms with Gasteiger partial charge in [-0.3, -0.25) is 9.78 Å². The van der Waals surface area contributed by atoms with Crippen molar-refractivity contribution >= 4 is 32.5 Å². The Kier molecular flexibility index (Phi) is 3.42. The molecule has 2 aromatic carbocycles. The van der Waals surface area contributed by atoms with Gasteiger partial charge in [-0.25, -0.2) is 9.36 Å². The fourth-order valence-corrected chi connectivity index (χ4v) is 4.44. The second-order valence-electron chi connectivity index (χ2n) is 6.46. The lowest BCUT2D eigenvalue weighted by atomic mass is 10.1. The molecule has 3 heterocycles. The zero-order valence-corrected chi connectivity index (χ0v) is 15.3. The summed E-state index contributed by atoms with van der Waals surface area (Å²) in [6.45, 7) is 0. The summed E-state index contributed by atoms with van der Waals surface area (Å²) in [4.78, 5) is 29.4. The summed E-state index contributed by atoms with van der Waals surface area (Å²) in [6.07, 6.45) is 1.96. The molecule has 0 fully saturated rings. The van der Waals surface area contributed by atoms with Gasteiger partial charge < -0.3 is 4.57 Å². The molecule has 1 N–H and O–H groups in total. The molecule has 0 bridgehead atoms. The van der Waals surface area contributed by atoms with Gasteiger partial charge in [0.25, 0.3) is 5.56 Å². The van der Waals surface area contributed by atoms with Crippen LogP contribution in [-0.4, -0.2) is 14.1 Å². The Morgan fingerprint density at radius 2 is 1.81 bits per heavy atom. The van der Waals surface area contributed by atoms with Crippen molar-refractivity contribution < 1.29 is 0 Å². The van der Waals surface area contributed by atoms with Crippen molar-refractivity contribution in [3.05, 3.63) is 87.0 Å². The summed E-state index contributed by atoms with van der Waals surface area (Å²) in [6, 6.07) is 17.3. The quantitative estimate of drug-likeness (QED) is 0.510. The average Bonchev–Trinajstić information content (AvgIpc) is 3.26. The highest BCUT2D eigenvalue weighted by atomic mass is 32.1. The molecule has 5 rings (SSSR count). The van der Waals surface area contributed by atoms with Crippen LogP contribution in [-0.2, 0) is 7.05 Å². The van der Waals surface area contributed by atoms with E-state index in [0.29, 0.717) is 15.9 Å². The molecule has 0 aliphatic carbocycles. The topological polar surface area (TPSA) is 59.8 Å². The third-order valence-corrected chi connectivity index (χ3v) is 5.74. The first-order chi connectivity index (χ1) is 13.1. The van der Waals surface area contributed by atoms with Crippen LogP contribution in [0.25, 0.3) is 37.9 Å². The van der Waals surface area contributed by atoms with E-state index in [1.807, 2.05) is 71.7 Å². The lowest BCUT2D eigenvalue weighted by Gasteiger charge is -2.07. The number of hydrogen-bond acceptors (Lipinski definition) is 3. The summed E-state index contributed by atoms with van der Waals surface area (Å²) in [5.74, 6) is 0. The van der Waals surface area contributed by atoms with E-state index in [1.54, 1.807) is 6.07 Å². The van der Waals surface area contributed by atoms with Gasteiger partial charge in [-0.05, 0) is 29.8 Å². The Bertz CT molecular complexity index is 1420. The van der Waals surface area contributed by atoms with Crippen molar-refractivity contribution in [3.8, 4) is 16.8 Å². The molecular weight excluding hydrogens is 358 g/mol. The van der Waals surface area contributed by atoms with E-state index in [1.165, 1.54) is 15.9 Å². The monoisotopic (exact) mass is 373 g/mol. The number of aryl methyl sites for hydroxylation is 1. The van der Waals surface area contributed by atoms with E-state index in [2.05, 4.69) is 4.98 Å². The minimum Gasteiger partial charge on any atom is -0.351 e. The maximum Gasteiger partial charge on any atom is 0.334 e. The Balaban J connectivity index is 1.82. The van der Waals surface area contributed by atoms with E-state index in [4.69, 9.17) is 0 Å². The maximum absolute atomic E-state index is 13.3. The lowest BCUT2D eigenvalue weighted by Crippen LogP contribution is -2.33. The molecule has 0 spiro atoms. The van der Waals surface area contributed by atoms with Gasteiger partial charge in [-0.15, -0.1) is 11.3 Å². The first-order valence-electron chi connectivity index (χ1n) is 8.51. The number of nitrogens with zero attached hydrogens (tertiary/aromatic N) is 2. The van der Waals surface area contributed by atoms with E-state index in [9.17, 15) is 9.59 Å². The smallest absolute Gasteiger partial charge is 0.334 e. The molecule has 0 amide bonds. The molecule has 132 valence electrons. The third kappa shape index (κ3) is 2.38. The first-order valence-corrected chi connectivity index (χ1v) is 9.39. The Hall–Kier alpha value is -3.38. The number of fused-ring (bicyclic) bond motifs is 2. The van der Waals surface area contributed by atoms with Crippen molar-refractivity contribution in [1.82, 2.24) is 14.1 Å². The summed E-state index contributed by atoms with van der Waals surface area (Å²) >= 11 is 1.37. The van der Waals surface area contributed by atoms with Crippen LogP contribution < -0.4 is 11.2 Å². The van der Waals surface area contributed by atoms with Gasteiger partial charge in [0.05, 0.1) is 11.1 Å². The highest BCUT2D eigenvalue weighted by Crippen LogP contribution is 2.30. The Morgan fingerprint density at radius 3 is 2.63 bits per heavy atom. The average molecular weight is 373 g/mol. The minimum absolute atomic E-state index is 0.302. The molecule has 6 heteroatoms. The number of aromatic amines is 1. The molecule has 5 aromatic rings. The SMILES string of the molecule is Cn1ccc2cc(-n3c(=O)[nH]c4scc(-c5ccccc5)c4c3=O)ccc21. The predicted molar refractivity (Wildman–Crippen MR) is 110 cm³/mol. The molecule has 27 heavy (non-hydrogen) atoms. The zero-order valence-electron chi connectivity index (χ0n) is 14.5. The highest BCUT2D eigenvalue weighted by molar-refractivity contribution is 7.17. The molecule has 0 radical (unpaired) electrons. The number of hydrogen-bond donors (Lipinski definition) is 1. The molecule has 0 saturated heterocycles. The number of nitrogens with one attached hydrogen (secondary N) is 1. The van der Waals surface area contributed by atoms with Gasteiger partial charge in [0.2, 0.25) is 0 Å². The van der Waals surface area contributed by atoms with Gasteiger partial charge >= 0.3 is 5.69 Å². The van der Waals surface area contributed by atoms with E-state index in [-0.39, 0.29) is 5.56 Å². The van der Waals surface area contributed by atoms with Crippen molar-refractivity contribution in [3.63, 3.8) is 0 Å². The molecule has 3 aromatic heterocycles. The summed E-state index contributed by atoms with van der Waals surface area (Å²) < 4.78 is 3.22. The van der Waals surface area contributed by atoms with Crippen LogP contribution >= 0.6 is 11.3 Å². The van der Waals surface area contributed by atoms with Crippen LogP contribution in [0.15, 0.2) is 75.8 Å². The van der Waals surface area contributed by atoms with Crippen LogP contribution in [0.3, 0.4) is 0 Å². The van der Waals surface area contributed by atoms with Gasteiger partial charge in [0.15, 0.2) is 0 Å². The van der Waals surface area contributed by atoms with Crippen molar-refractivity contribution in [2.24, 2.45) is 7.05 Å². The number of H-pyrrole nitrogens is 1. The molecular formula is C21H15N3O2S. The van der Waals surface area contributed by atoms with Gasteiger partial charge in [0, 0.05) is 35.1 Å². The van der Waals surface area contributed by atoms with Crippen LogP contribution in [0, 0.1) is 0 Å². The van der Waals surface area contributed by atoms with Gasteiger partial charge in [-0.2, -0.15) is 0 Å². The maximum atomic E-state index is 13.3. The first kappa shape index (κ1) is 15.8. The van der Waals surface area contributed by atoms with Crippen LogP contribution in [0.5, 0.6) is 0 Å². The summed E-state index contributed by atoms with van der Waals surface area (Å²) in [5.41, 5.74) is 2.68. The highest BCUT2D eigenvalue weighted by Gasteiger charge is 2.16. The number of thiophene rings is 1. The molecule has 0 saturated carbocycles. The molecule has 5 nitrogen and oxygen atoms in total. The van der Waals surface area contributed by atoms with E-state index >= 15 is 0 Å². The Labute approximate surface area is 157 Å². The summed E-state index contributed by atoms with van der Waals surface area (Å²) in [7, 11) is 1.96. The van der Waals surface area contributed by atoms with Crippen LogP contribution in [0.4, 0.5) is 0 Å².